The van der Waals surface area contributed by atoms with Gasteiger partial charge >= 0.3 is 0 Å². The Morgan fingerprint density at radius 3 is 1.74 bits per heavy atom. The summed E-state index contributed by atoms with van der Waals surface area (Å²) >= 11 is 0. The normalized spacial score (nSPS) is 10.7. The SMILES string of the molecule is O=c1c2ccccc2nc(F)n1-c1ccccc1.O=c1c2ccccc2ncn1-c1ccccc1. The Bertz CT molecular complexity index is 1750. The largest absolute Gasteiger partial charge is 0.297 e. The van der Waals surface area contributed by atoms with Crippen LogP contribution in [0.25, 0.3) is 33.2 Å². The van der Waals surface area contributed by atoms with Gasteiger partial charge in [0.05, 0.1) is 33.2 Å². The first-order valence-electron chi connectivity index (χ1n) is 10.9. The number of rotatable bonds is 2. The first-order valence-corrected chi connectivity index (χ1v) is 10.9. The van der Waals surface area contributed by atoms with E-state index < -0.39 is 11.6 Å². The lowest BCUT2D eigenvalue weighted by Gasteiger charge is -2.07. The van der Waals surface area contributed by atoms with E-state index >= 15 is 0 Å². The van der Waals surface area contributed by atoms with E-state index in [1.165, 1.54) is 0 Å². The molecule has 0 N–H and O–H groups in total. The summed E-state index contributed by atoms with van der Waals surface area (Å²) in [6.07, 6.45) is 0.768. The number of benzene rings is 4. The Kier molecular flexibility index (Phi) is 5.96. The van der Waals surface area contributed by atoms with Crippen molar-refractivity contribution >= 4 is 21.8 Å². The van der Waals surface area contributed by atoms with Crippen LogP contribution in [0.2, 0.25) is 0 Å². The summed E-state index contributed by atoms with van der Waals surface area (Å²) in [5, 5.41) is 1.04. The third kappa shape index (κ3) is 4.35. The Labute approximate surface area is 199 Å². The maximum absolute atomic E-state index is 13.9. The van der Waals surface area contributed by atoms with Crippen LogP contribution in [0.5, 0.6) is 0 Å². The van der Waals surface area contributed by atoms with Crippen molar-refractivity contribution in [2.75, 3.05) is 0 Å². The van der Waals surface area contributed by atoms with E-state index in [2.05, 4.69) is 9.97 Å². The number of para-hydroxylation sites is 4. The molecule has 0 amide bonds. The number of nitrogens with zero attached hydrogens (tertiary/aromatic N) is 4. The van der Waals surface area contributed by atoms with Crippen LogP contribution in [-0.4, -0.2) is 19.1 Å². The molecule has 0 radical (unpaired) electrons. The van der Waals surface area contributed by atoms with Gasteiger partial charge in [0.25, 0.3) is 17.2 Å². The second-order valence-electron chi connectivity index (χ2n) is 7.65. The smallest absolute Gasteiger partial charge is 0.268 e. The van der Waals surface area contributed by atoms with Crippen LogP contribution in [0, 0.1) is 6.08 Å². The van der Waals surface area contributed by atoms with E-state index in [9.17, 15) is 14.0 Å². The average molecular weight is 462 g/mol. The van der Waals surface area contributed by atoms with Gasteiger partial charge in [-0.25, -0.2) is 14.5 Å². The second kappa shape index (κ2) is 9.52. The molecule has 170 valence electrons. The van der Waals surface area contributed by atoms with Crippen LogP contribution in [-0.2, 0) is 0 Å². The van der Waals surface area contributed by atoms with Crippen molar-refractivity contribution in [1.82, 2.24) is 19.1 Å². The third-order valence-corrected chi connectivity index (χ3v) is 5.45. The summed E-state index contributed by atoms with van der Waals surface area (Å²) in [6, 6.07) is 32.2. The number of fused-ring (bicyclic) bond motifs is 2. The van der Waals surface area contributed by atoms with Crippen LogP contribution >= 0.6 is 0 Å². The predicted octanol–water partition coefficient (Wildman–Crippen LogP) is 4.91. The lowest BCUT2D eigenvalue weighted by molar-refractivity contribution is 0.506. The van der Waals surface area contributed by atoms with Crippen molar-refractivity contribution < 1.29 is 4.39 Å². The third-order valence-electron chi connectivity index (χ3n) is 5.45. The highest BCUT2D eigenvalue weighted by molar-refractivity contribution is 5.78. The molecule has 0 atom stereocenters. The molecule has 0 unspecified atom stereocenters. The molecule has 7 heteroatoms. The quantitative estimate of drug-likeness (QED) is 0.343. The summed E-state index contributed by atoms with van der Waals surface area (Å²) in [4.78, 5) is 32.6. The predicted molar refractivity (Wildman–Crippen MR) is 135 cm³/mol. The van der Waals surface area contributed by atoms with Gasteiger partial charge < -0.3 is 0 Å². The highest BCUT2D eigenvalue weighted by atomic mass is 19.1. The highest BCUT2D eigenvalue weighted by Crippen LogP contribution is 2.12. The van der Waals surface area contributed by atoms with Crippen LogP contribution in [0.15, 0.2) is 125 Å². The van der Waals surface area contributed by atoms with Gasteiger partial charge in [-0.2, -0.15) is 4.39 Å². The van der Waals surface area contributed by atoms with Crippen LogP contribution in [0.4, 0.5) is 4.39 Å². The molecule has 4 aromatic carbocycles. The molecule has 0 spiro atoms. The van der Waals surface area contributed by atoms with Gasteiger partial charge in [-0.1, -0.05) is 60.7 Å². The molecule has 0 saturated heterocycles. The fraction of sp³-hybridized carbons (Fsp3) is 0. The highest BCUT2D eigenvalue weighted by Gasteiger charge is 2.11. The Hall–Kier alpha value is -4.91. The van der Waals surface area contributed by atoms with Gasteiger partial charge in [-0.05, 0) is 48.5 Å². The second-order valence-corrected chi connectivity index (χ2v) is 7.65. The van der Waals surface area contributed by atoms with Gasteiger partial charge in [0.15, 0.2) is 0 Å². The molecule has 0 aliphatic carbocycles. The zero-order chi connectivity index (χ0) is 24.2. The average Bonchev–Trinajstić information content (AvgIpc) is 2.91. The summed E-state index contributed by atoms with van der Waals surface area (Å²) in [5.41, 5.74) is 1.96. The molecule has 0 aliphatic rings. The molecule has 2 heterocycles. The molecule has 2 aromatic heterocycles. The summed E-state index contributed by atoms with van der Waals surface area (Å²) in [7, 11) is 0. The molecular weight excluding hydrogens is 443 g/mol. The summed E-state index contributed by atoms with van der Waals surface area (Å²) < 4.78 is 16.5. The van der Waals surface area contributed by atoms with Crippen LogP contribution in [0.3, 0.4) is 0 Å². The topological polar surface area (TPSA) is 69.8 Å². The Morgan fingerprint density at radius 1 is 0.571 bits per heavy atom. The lowest BCUT2D eigenvalue weighted by atomic mass is 10.2. The number of hydrogen-bond acceptors (Lipinski definition) is 4. The molecule has 35 heavy (non-hydrogen) atoms. The Balaban J connectivity index is 0.000000145. The minimum absolute atomic E-state index is 0.0400. The Morgan fingerprint density at radius 2 is 1.09 bits per heavy atom. The van der Waals surface area contributed by atoms with Crippen molar-refractivity contribution in [2.24, 2.45) is 0 Å². The molecule has 6 rings (SSSR count). The molecular formula is C28H19FN4O2. The van der Waals surface area contributed by atoms with E-state index in [4.69, 9.17) is 0 Å². The molecule has 0 bridgehead atoms. The van der Waals surface area contributed by atoms with E-state index in [1.807, 2.05) is 48.5 Å². The maximum atomic E-state index is 13.9. The van der Waals surface area contributed by atoms with Gasteiger partial charge in [0.2, 0.25) is 0 Å². The molecule has 6 nitrogen and oxygen atoms in total. The fourth-order valence-electron chi connectivity index (χ4n) is 3.75. The van der Waals surface area contributed by atoms with Crippen molar-refractivity contribution in [3.05, 3.63) is 142 Å². The zero-order valence-corrected chi connectivity index (χ0v) is 18.5. The first kappa shape index (κ1) is 21.9. The van der Waals surface area contributed by atoms with E-state index in [0.717, 1.165) is 15.8 Å². The van der Waals surface area contributed by atoms with Crippen LogP contribution in [0.1, 0.15) is 0 Å². The number of aromatic nitrogens is 4. The molecule has 0 fully saturated rings. The molecule has 0 saturated carbocycles. The first-order chi connectivity index (χ1) is 17.1. The standard InChI is InChI=1S/C14H9FN2O.C14H10N2O/c15-14-16-12-9-5-4-8-11(12)13(18)17(14)10-6-2-1-3-7-10;17-14-12-8-4-5-9-13(12)15-10-16(14)11-6-2-1-3-7-11/h1-9H;1-10H. The lowest BCUT2D eigenvalue weighted by Crippen LogP contribution is -2.22. The van der Waals surface area contributed by atoms with Crippen molar-refractivity contribution in [1.29, 1.82) is 0 Å². The minimum Gasteiger partial charge on any atom is -0.268 e. The van der Waals surface area contributed by atoms with Crippen molar-refractivity contribution in [3.8, 4) is 11.4 Å². The van der Waals surface area contributed by atoms with E-state index in [0.29, 0.717) is 22.0 Å². The van der Waals surface area contributed by atoms with Crippen molar-refractivity contribution in [3.63, 3.8) is 0 Å². The zero-order valence-electron chi connectivity index (χ0n) is 18.5. The molecule has 6 aromatic rings. The monoisotopic (exact) mass is 462 g/mol. The number of hydrogen-bond donors (Lipinski definition) is 0. The van der Waals surface area contributed by atoms with Gasteiger partial charge in [0, 0.05) is 0 Å². The van der Waals surface area contributed by atoms with E-state index in [-0.39, 0.29) is 5.56 Å². The number of halogens is 1. The van der Waals surface area contributed by atoms with Gasteiger partial charge in [-0.3, -0.25) is 14.2 Å². The minimum atomic E-state index is -0.801. The van der Waals surface area contributed by atoms with Gasteiger partial charge in [0.1, 0.15) is 6.33 Å². The maximum Gasteiger partial charge on any atom is 0.297 e. The van der Waals surface area contributed by atoms with E-state index in [1.54, 1.807) is 71.6 Å². The summed E-state index contributed by atoms with van der Waals surface area (Å²) in [5.74, 6) is 0. The summed E-state index contributed by atoms with van der Waals surface area (Å²) in [6.45, 7) is 0. The van der Waals surface area contributed by atoms with Crippen LogP contribution < -0.4 is 11.1 Å². The van der Waals surface area contributed by atoms with Crippen molar-refractivity contribution in [2.45, 2.75) is 0 Å². The van der Waals surface area contributed by atoms with Gasteiger partial charge in [-0.15, -0.1) is 0 Å². The molecule has 0 aliphatic heterocycles. The fourth-order valence-corrected chi connectivity index (χ4v) is 3.75.